The minimum atomic E-state index is -1.02. The summed E-state index contributed by atoms with van der Waals surface area (Å²) in [4.78, 5) is 23.2. The molecule has 0 radical (unpaired) electrons. The zero-order valence-corrected chi connectivity index (χ0v) is 17.3. The maximum atomic E-state index is 13.4. The predicted octanol–water partition coefficient (Wildman–Crippen LogP) is 3.65. The Bertz CT molecular complexity index is 1130. The summed E-state index contributed by atoms with van der Waals surface area (Å²) >= 11 is 0. The van der Waals surface area contributed by atoms with Gasteiger partial charge in [-0.25, -0.2) is 9.07 Å². The molecule has 166 valence electrons. The van der Waals surface area contributed by atoms with Crippen LogP contribution in [0.1, 0.15) is 52.7 Å². The Balaban J connectivity index is 1.54. The molecule has 1 aliphatic rings. The van der Waals surface area contributed by atoms with Gasteiger partial charge in [-0.2, -0.15) is 5.10 Å². The lowest BCUT2D eigenvalue weighted by atomic mass is 10.1. The van der Waals surface area contributed by atoms with Gasteiger partial charge in [-0.3, -0.25) is 14.9 Å². The van der Waals surface area contributed by atoms with Gasteiger partial charge in [0.15, 0.2) is 5.69 Å². The van der Waals surface area contributed by atoms with Crippen LogP contribution in [0, 0.1) is 15.9 Å². The fourth-order valence-corrected chi connectivity index (χ4v) is 3.96. The molecule has 3 aromatic rings. The van der Waals surface area contributed by atoms with E-state index >= 15 is 0 Å². The normalized spacial score (nSPS) is 14.3. The van der Waals surface area contributed by atoms with E-state index in [-0.39, 0.29) is 18.0 Å². The van der Waals surface area contributed by atoms with Crippen molar-refractivity contribution in [3.8, 4) is 5.69 Å². The van der Waals surface area contributed by atoms with Crippen molar-refractivity contribution in [3.05, 3.63) is 87.0 Å². The summed E-state index contributed by atoms with van der Waals surface area (Å²) in [5, 5.41) is 28.4. The molecule has 0 saturated carbocycles. The maximum absolute atomic E-state index is 13.4. The molecular weight excluding hydrogens is 415 g/mol. The number of nitro benzene ring substituents is 1. The average Bonchev–Trinajstić information content (AvgIpc) is 2.98. The molecule has 0 fully saturated rings. The highest BCUT2D eigenvalue weighted by molar-refractivity contribution is 5.94. The first-order valence-corrected chi connectivity index (χ1v) is 10.5. The van der Waals surface area contributed by atoms with E-state index in [9.17, 15) is 24.4 Å². The summed E-state index contributed by atoms with van der Waals surface area (Å²) in [6.07, 6.45) is 3.48. The standard InChI is InChI=1S/C23H23FN4O4/c24-16-8-12-17(13-9-16)27-20-5-3-1-2-4-19(20)22(26-27)23(30)25-14-21(29)15-6-10-18(11-7-15)28(31)32/h6-13,21,29H,1-5,14H2,(H,25,30). The molecule has 8 nitrogen and oxygen atoms in total. The first-order valence-electron chi connectivity index (χ1n) is 10.5. The molecule has 0 spiro atoms. The van der Waals surface area contributed by atoms with Crippen LogP contribution in [-0.2, 0) is 12.8 Å². The van der Waals surface area contributed by atoms with E-state index < -0.39 is 16.9 Å². The van der Waals surface area contributed by atoms with E-state index in [2.05, 4.69) is 10.4 Å². The smallest absolute Gasteiger partial charge is 0.272 e. The number of non-ortho nitro benzene ring substituents is 1. The molecule has 0 bridgehead atoms. The quantitative estimate of drug-likeness (QED) is 0.347. The Labute approximate surface area is 183 Å². The molecule has 1 aromatic heterocycles. The molecule has 0 aliphatic heterocycles. The second kappa shape index (κ2) is 9.27. The Morgan fingerprint density at radius 2 is 1.81 bits per heavy atom. The van der Waals surface area contributed by atoms with E-state index in [1.807, 2.05) is 0 Å². The number of aromatic nitrogens is 2. The monoisotopic (exact) mass is 438 g/mol. The molecule has 2 aromatic carbocycles. The number of hydrogen-bond acceptors (Lipinski definition) is 5. The van der Waals surface area contributed by atoms with Crippen molar-refractivity contribution in [1.82, 2.24) is 15.1 Å². The number of nitrogens with zero attached hydrogens (tertiary/aromatic N) is 3. The van der Waals surface area contributed by atoms with Crippen molar-refractivity contribution in [3.63, 3.8) is 0 Å². The van der Waals surface area contributed by atoms with Crippen LogP contribution in [0.3, 0.4) is 0 Å². The van der Waals surface area contributed by atoms with Gasteiger partial charge >= 0.3 is 0 Å². The summed E-state index contributed by atoms with van der Waals surface area (Å²) in [6.45, 7) is -0.0607. The van der Waals surface area contributed by atoms with E-state index in [4.69, 9.17) is 0 Å². The lowest BCUT2D eigenvalue weighted by molar-refractivity contribution is -0.384. The van der Waals surface area contributed by atoms with Gasteiger partial charge in [0, 0.05) is 29.9 Å². The minimum Gasteiger partial charge on any atom is -0.387 e. The van der Waals surface area contributed by atoms with E-state index in [1.54, 1.807) is 16.8 Å². The van der Waals surface area contributed by atoms with Crippen LogP contribution >= 0.6 is 0 Å². The molecular formula is C23H23FN4O4. The van der Waals surface area contributed by atoms with Crippen LogP contribution in [0.2, 0.25) is 0 Å². The first-order chi connectivity index (χ1) is 15.4. The highest BCUT2D eigenvalue weighted by atomic mass is 19.1. The summed E-state index contributed by atoms with van der Waals surface area (Å²) in [6, 6.07) is 11.5. The number of benzene rings is 2. The number of rotatable bonds is 6. The fraction of sp³-hybridized carbons (Fsp3) is 0.304. The molecule has 1 atom stereocenters. The number of carbonyl (C=O) groups excluding carboxylic acids is 1. The van der Waals surface area contributed by atoms with Crippen LogP contribution in [0.15, 0.2) is 48.5 Å². The predicted molar refractivity (Wildman–Crippen MR) is 115 cm³/mol. The minimum absolute atomic E-state index is 0.0607. The van der Waals surface area contributed by atoms with Crippen molar-refractivity contribution in [2.75, 3.05) is 6.54 Å². The highest BCUT2D eigenvalue weighted by Crippen LogP contribution is 2.27. The van der Waals surface area contributed by atoms with Gasteiger partial charge in [-0.1, -0.05) is 6.42 Å². The molecule has 1 aliphatic carbocycles. The molecule has 1 amide bonds. The molecule has 1 heterocycles. The van der Waals surface area contributed by atoms with Crippen molar-refractivity contribution in [2.24, 2.45) is 0 Å². The van der Waals surface area contributed by atoms with Crippen molar-refractivity contribution in [1.29, 1.82) is 0 Å². The van der Waals surface area contributed by atoms with Gasteiger partial charge in [-0.15, -0.1) is 0 Å². The Morgan fingerprint density at radius 3 is 2.50 bits per heavy atom. The van der Waals surface area contributed by atoms with Crippen molar-refractivity contribution >= 4 is 11.6 Å². The number of carbonyl (C=O) groups is 1. The lowest BCUT2D eigenvalue weighted by Gasteiger charge is -2.12. The maximum Gasteiger partial charge on any atom is 0.272 e. The number of hydrogen-bond donors (Lipinski definition) is 2. The average molecular weight is 438 g/mol. The van der Waals surface area contributed by atoms with Gasteiger partial charge < -0.3 is 10.4 Å². The third-order valence-electron chi connectivity index (χ3n) is 5.66. The topological polar surface area (TPSA) is 110 Å². The summed E-state index contributed by atoms with van der Waals surface area (Å²) < 4.78 is 15.1. The van der Waals surface area contributed by atoms with Crippen LogP contribution in [0.4, 0.5) is 10.1 Å². The zero-order valence-electron chi connectivity index (χ0n) is 17.3. The van der Waals surface area contributed by atoms with Crippen LogP contribution in [-0.4, -0.2) is 32.3 Å². The second-order valence-electron chi connectivity index (χ2n) is 7.80. The number of nitro groups is 1. The van der Waals surface area contributed by atoms with Gasteiger partial charge in [0.2, 0.25) is 0 Å². The number of aliphatic hydroxyl groups is 1. The third-order valence-corrected chi connectivity index (χ3v) is 5.66. The molecule has 2 N–H and O–H groups in total. The van der Waals surface area contributed by atoms with E-state index in [0.717, 1.165) is 43.4 Å². The molecule has 1 unspecified atom stereocenters. The Hall–Kier alpha value is -3.59. The number of aliphatic hydroxyl groups excluding tert-OH is 1. The first kappa shape index (κ1) is 21.6. The van der Waals surface area contributed by atoms with Crippen molar-refractivity contribution < 1.29 is 19.2 Å². The van der Waals surface area contributed by atoms with E-state index in [1.165, 1.54) is 36.4 Å². The highest BCUT2D eigenvalue weighted by Gasteiger charge is 2.25. The lowest BCUT2D eigenvalue weighted by Crippen LogP contribution is -2.29. The molecule has 4 rings (SSSR count). The second-order valence-corrected chi connectivity index (χ2v) is 7.80. The Morgan fingerprint density at radius 1 is 1.12 bits per heavy atom. The molecule has 32 heavy (non-hydrogen) atoms. The zero-order chi connectivity index (χ0) is 22.7. The third kappa shape index (κ3) is 4.52. The Kier molecular flexibility index (Phi) is 6.27. The fourth-order valence-electron chi connectivity index (χ4n) is 3.96. The summed E-state index contributed by atoms with van der Waals surface area (Å²) in [7, 11) is 0. The van der Waals surface area contributed by atoms with Crippen LogP contribution in [0.5, 0.6) is 0 Å². The largest absolute Gasteiger partial charge is 0.387 e. The molecule has 0 saturated heterocycles. The van der Waals surface area contributed by atoms with Crippen LogP contribution in [0.25, 0.3) is 5.69 Å². The number of nitrogens with one attached hydrogen (secondary N) is 1. The van der Waals surface area contributed by atoms with Crippen molar-refractivity contribution in [2.45, 2.75) is 38.2 Å². The van der Waals surface area contributed by atoms with Crippen LogP contribution < -0.4 is 5.32 Å². The molecule has 9 heteroatoms. The summed E-state index contributed by atoms with van der Waals surface area (Å²) in [5.74, 6) is -0.741. The van der Waals surface area contributed by atoms with Gasteiger partial charge in [0.1, 0.15) is 5.82 Å². The number of halogens is 1. The van der Waals surface area contributed by atoms with Gasteiger partial charge in [0.25, 0.3) is 11.6 Å². The van der Waals surface area contributed by atoms with Gasteiger partial charge in [-0.05, 0) is 67.6 Å². The number of amides is 1. The van der Waals surface area contributed by atoms with E-state index in [0.29, 0.717) is 16.9 Å². The number of fused-ring (bicyclic) bond motifs is 1. The van der Waals surface area contributed by atoms with Gasteiger partial charge in [0.05, 0.1) is 16.7 Å². The SMILES string of the molecule is O=C(NCC(O)c1ccc([N+](=O)[O-])cc1)c1nn(-c2ccc(F)cc2)c2c1CCCCC2. The summed E-state index contributed by atoms with van der Waals surface area (Å²) in [5.41, 5.74) is 3.23.